The molecule has 6 heteroatoms. The van der Waals surface area contributed by atoms with E-state index < -0.39 is 0 Å². The molecule has 0 bridgehead atoms. The topological polar surface area (TPSA) is 64.4 Å². The average Bonchev–Trinajstić information content (AvgIpc) is 3.26. The molecule has 0 spiro atoms. The maximum atomic E-state index is 12.4. The van der Waals surface area contributed by atoms with Gasteiger partial charge in [0.15, 0.2) is 12.2 Å². The Morgan fingerprint density at radius 2 is 1.79 bits per heavy atom. The van der Waals surface area contributed by atoms with Crippen molar-refractivity contribution in [3.8, 4) is 17.2 Å². The number of amides is 1. The fraction of sp³-hybridized carbons (Fsp3) is 0.111. The number of benzene rings is 4. The molecule has 0 unspecified atom stereocenters. The molecule has 5 rings (SSSR count). The quantitative estimate of drug-likeness (QED) is 0.302. The Bertz CT molecular complexity index is 1460. The van der Waals surface area contributed by atoms with Crippen LogP contribution in [-0.2, 0) is 11.2 Å². The molecule has 1 aromatic heterocycles. The molecule has 0 saturated carbocycles. The molecular formula is C27H21ClN2O3. The molecule has 1 N–H and O–H groups in total. The van der Waals surface area contributed by atoms with E-state index in [1.807, 2.05) is 60.7 Å². The number of oxazole rings is 1. The Labute approximate surface area is 196 Å². The van der Waals surface area contributed by atoms with E-state index in [0.29, 0.717) is 33.4 Å². The largest absolute Gasteiger partial charge is 0.484 e. The van der Waals surface area contributed by atoms with Crippen molar-refractivity contribution in [1.82, 2.24) is 4.98 Å². The van der Waals surface area contributed by atoms with E-state index in [-0.39, 0.29) is 12.5 Å². The third-order valence-corrected chi connectivity index (χ3v) is 5.80. The lowest BCUT2D eigenvalue weighted by Crippen LogP contribution is -2.20. The van der Waals surface area contributed by atoms with Gasteiger partial charge in [-0.3, -0.25) is 4.79 Å². The third kappa shape index (κ3) is 4.41. The predicted molar refractivity (Wildman–Crippen MR) is 132 cm³/mol. The minimum Gasteiger partial charge on any atom is -0.484 e. The van der Waals surface area contributed by atoms with Crippen LogP contribution >= 0.6 is 11.6 Å². The maximum absolute atomic E-state index is 12.4. The summed E-state index contributed by atoms with van der Waals surface area (Å²) in [5, 5.41) is 5.44. The number of carbonyl (C=O) groups excluding carboxylic acids is 1. The van der Waals surface area contributed by atoms with Gasteiger partial charge >= 0.3 is 0 Å². The van der Waals surface area contributed by atoms with Gasteiger partial charge in [0.1, 0.15) is 11.3 Å². The van der Waals surface area contributed by atoms with E-state index in [1.54, 1.807) is 18.2 Å². The Morgan fingerprint density at radius 3 is 2.61 bits per heavy atom. The van der Waals surface area contributed by atoms with Crippen LogP contribution in [0.4, 0.5) is 5.69 Å². The molecule has 0 radical (unpaired) electrons. The molecule has 5 nitrogen and oxygen atoms in total. The number of aromatic nitrogens is 1. The van der Waals surface area contributed by atoms with Gasteiger partial charge in [-0.15, -0.1) is 0 Å². The number of anilines is 1. The van der Waals surface area contributed by atoms with Crippen molar-refractivity contribution in [2.24, 2.45) is 0 Å². The number of carbonyl (C=O) groups is 1. The highest BCUT2D eigenvalue weighted by atomic mass is 35.5. The SMILES string of the molecule is CCc1ccc(OCC(=O)Nc2ccc3oc(-c4cccc5c(Cl)cccc45)nc3c2)cc1. The summed E-state index contributed by atoms with van der Waals surface area (Å²) in [6.45, 7) is 2.01. The fourth-order valence-corrected chi connectivity index (χ4v) is 3.98. The van der Waals surface area contributed by atoms with E-state index in [4.69, 9.17) is 20.8 Å². The van der Waals surface area contributed by atoms with Gasteiger partial charge in [-0.2, -0.15) is 0 Å². The Hall–Kier alpha value is -3.83. The van der Waals surface area contributed by atoms with E-state index in [1.165, 1.54) is 5.56 Å². The summed E-state index contributed by atoms with van der Waals surface area (Å²) in [6, 6.07) is 24.7. The Morgan fingerprint density at radius 1 is 1.00 bits per heavy atom. The van der Waals surface area contributed by atoms with Crippen LogP contribution in [0.2, 0.25) is 5.02 Å². The van der Waals surface area contributed by atoms with Crippen molar-refractivity contribution in [1.29, 1.82) is 0 Å². The van der Waals surface area contributed by atoms with Crippen LogP contribution in [0.15, 0.2) is 83.3 Å². The smallest absolute Gasteiger partial charge is 0.262 e. The lowest BCUT2D eigenvalue weighted by Gasteiger charge is -2.08. The zero-order chi connectivity index (χ0) is 22.8. The molecule has 1 heterocycles. The van der Waals surface area contributed by atoms with Crippen molar-refractivity contribution in [2.75, 3.05) is 11.9 Å². The number of halogens is 1. The molecule has 0 aliphatic rings. The Balaban J connectivity index is 1.33. The third-order valence-electron chi connectivity index (χ3n) is 5.47. The number of hydrogen-bond donors (Lipinski definition) is 1. The number of rotatable bonds is 6. The number of hydrogen-bond acceptors (Lipinski definition) is 4. The first-order valence-corrected chi connectivity index (χ1v) is 11.1. The minimum atomic E-state index is -0.249. The standard InChI is InChI=1S/C27H21ClN2O3/c1-2-17-9-12-19(13-10-17)32-16-26(31)29-18-11-14-25-24(15-18)30-27(33-25)22-7-3-6-21-20(22)5-4-8-23(21)28/h3-15H,2,16H2,1H3,(H,29,31). The molecule has 33 heavy (non-hydrogen) atoms. The molecular weight excluding hydrogens is 436 g/mol. The number of aryl methyl sites for hydroxylation is 1. The zero-order valence-corrected chi connectivity index (χ0v) is 18.7. The van der Waals surface area contributed by atoms with Crippen LogP contribution < -0.4 is 10.1 Å². The minimum absolute atomic E-state index is 0.0790. The van der Waals surface area contributed by atoms with Crippen molar-refractivity contribution >= 4 is 45.1 Å². The summed E-state index contributed by atoms with van der Waals surface area (Å²) in [4.78, 5) is 17.0. The van der Waals surface area contributed by atoms with Gasteiger partial charge in [0.2, 0.25) is 5.89 Å². The molecule has 1 amide bonds. The summed E-state index contributed by atoms with van der Waals surface area (Å²) in [5.74, 6) is 0.913. The van der Waals surface area contributed by atoms with Crippen LogP contribution in [0, 0.1) is 0 Å². The fourth-order valence-electron chi connectivity index (χ4n) is 3.75. The lowest BCUT2D eigenvalue weighted by atomic mass is 10.0. The summed E-state index contributed by atoms with van der Waals surface area (Å²) in [5.41, 5.74) is 3.99. The zero-order valence-electron chi connectivity index (χ0n) is 18.0. The van der Waals surface area contributed by atoms with Crippen LogP contribution in [0.1, 0.15) is 12.5 Å². The van der Waals surface area contributed by atoms with Gasteiger partial charge in [-0.05, 0) is 59.8 Å². The predicted octanol–water partition coefficient (Wildman–Crippen LogP) is 6.88. The highest BCUT2D eigenvalue weighted by Crippen LogP contribution is 2.33. The molecule has 0 aliphatic carbocycles. The summed E-state index contributed by atoms with van der Waals surface area (Å²) < 4.78 is 11.6. The highest BCUT2D eigenvalue weighted by Gasteiger charge is 2.13. The monoisotopic (exact) mass is 456 g/mol. The van der Waals surface area contributed by atoms with E-state index >= 15 is 0 Å². The highest BCUT2D eigenvalue weighted by molar-refractivity contribution is 6.35. The average molecular weight is 457 g/mol. The van der Waals surface area contributed by atoms with Crippen LogP contribution in [0.5, 0.6) is 5.75 Å². The second-order valence-electron chi connectivity index (χ2n) is 7.68. The van der Waals surface area contributed by atoms with E-state index in [0.717, 1.165) is 22.8 Å². The van der Waals surface area contributed by atoms with E-state index in [2.05, 4.69) is 17.2 Å². The lowest BCUT2D eigenvalue weighted by molar-refractivity contribution is -0.118. The molecule has 4 aromatic carbocycles. The van der Waals surface area contributed by atoms with Crippen molar-refractivity contribution in [3.05, 3.63) is 89.4 Å². The number of nitrogens with one attached hydrogen (secondary N) is 1. The molecule has 0 aliphatic heterocycles. The molecule has 0 fully saturated rings. The summed E-state index contributed by atoms with van der Waals surface area (Å²) >= 11 is 6.34. The first-order valence-electron chi connectivity index (χ1n) is 10.7. The molecule has 0 saturated heterocycles. The van der Waals surface area contributed by atoms with Gasteiger partial charge in [-0.25, -0.2) is 4.98 Å². The summed E-state index contributed by atoms with van der Waals surface area (Å²) in [7, 11) is 0. The van der Waals surface area contributed by atoms with Crippen molar-refractivity contribution in [2.45, 2.75) is 13.3 Å². The molecule has 5 aromatic rings. The molecule has 0 atom stereocenters. The maximum Gasteiger partial charge on any atom is 0.262 e. The first kappa shape index (κ1) is 21.0. The molecule has 164 valence electrons. The van der Waals surface area contributed by atoms with Gasteiger partial charge in [0.25, 0.3) is 5.91 Å². The second-order valence-corrected chi connectivity index (χ2v) is 8.08. The van der Waals surface area contributed by atoms with E-state index in [9.17, 15) is 4.79 Å². The number of nitrogens with zero attached hydrogens (tertiary/aromatic N) is 1. The van der Waals surface area contributed by atoms with Crippen molar-refractivity contribution < 1.29 is 13.9 Å². The van der Waals surface area contributed by atoms with Gasteiger partial charge < -0.3 is 14.5 Å². The van der Waals surface area contributed by atoms with Crippen LogP contribution in [-0.4, -0.2) is 17.5 Å². The Kier molecular flexibility index (Phi) is 5.71. The second kappa shape index (κ2) is 8.96. The summed E-state index contributed by atoms with van der Waals surface area (Å²) in [6.07, 6.45) is 0.960. The van der Waals surface area contributed by atoms with Gasteiger partial charge in [-0.1, -0.05) is 54.9 Å². The number of ether oxygens (including phenoxy) is 1. The first-order chi connectivity index (χ1) is 16.1. The van der Waals surface area contributed by atoms with Gasteiger partial charge in [0.05, 0.1) is 0 Å². The van der Waals surface area contributed by atoms with Crippen LogP contribution in [0.3, 0.4) is 0 Å². The number of fused-ring (bicyclic) bond motifs is 2. The van der Waals surface area contributed by atoms with Gasteiger partial charge in [0, 0.05) is 21.7 Å². The normalized spacial score (nSPS) is 11.1. The van der Waals surface area contributed by atoms with Crippen molar-refractivity contribution in [3.63, 3.8) is 0 Å². The van der Waals surface area contributed by atoms with Crippen LogP contribution in [0.25, 0.3) is 33.3 Å².